The first kappa shape index (κ1) is 25.0. The molecule has 0 unspecified atom stereocenters. The van der Waals surface area contributed by atoms with Gasteiger partial charge in [-0.1, -0.05) is 34.8 Å². The summed E-state index contributed by atoms with van der Waals surface area (Å²) in [5, 5.41) is 18.3. The van der Waals surface area contributed by atoms with Gasteiger partial charge in [-0.2, -0.15) is 5.10 Å². The Kier molecular flexibility index (Phi) is 8.42. The molecule has 0 bridgehead atoms. The van der Waals surface area contributed by atoms with E-state index < -0.39 is 16.7 Å². The molecule has 0 aliphatic heterocycles. The molecular formula is C22H15Cl3N4O5. The highest BCUT2D eigenvalue weighted by atomic mass is 35.5. The maximum Gasteiger partial charge on any atom is 0.271 e. The number of hydrogen-bond donors (Lipinski definition) is 2. The molecule has 34 heavy (non-hydrogen) atoms. The molecule has 2 amide bonds. The topological polar surface area (TPSA) is 123 Å². The van der Waals surface area contributed by atoms with E-state index in [2.05, 4.69) is 15.8 Å². The second-order valence-electron chi connectivity index (χ2n) is 6.65. The predicted molar refractivity (Wildman–Crippen MR) is 130 cm³/mol. The molecule has 3 aromatic carbocycles. The minimum atomic E-state index is -0.573. The molecule has 174 valence electrons. The summed E-state index contributed by atoms with van der Waals surface area (Å²) >= 11 is 17.8. The third-order valence-electron chi connectivity index (χ3n) is 4.24. The summed E-state index contributed by atoms with van der Waals surface area (Å²) < 4.78 is 5.56. The molecule has 12 heteroatoms. The Bertz CT molecular complexity index is 1270. The maximum absolute atomic E-state index is 12.2. The normalized spacial score (nSPS) is 10.7. The Labute approximate surface area is 208 Å². The van der Waals surface area contributed by atoms with Crippen LogP contribution in [-0.4, -0.2) is 29.6 Å². The zero-order valence-electron chi connectivity index (χ0n) is 17.1. The van der Waals surface area contributed by atoms with Gasteiger partial charge >= 0.3 is 0 Å². The van der Waals surface area contributed by atoms with E-state index >= 15 is 0 Å². The number of hydrogen-bond acceptors (Lipinski definition) is 6. The first-order valence-electron chi connectivity index (χ1n) is 9.48. The van der Waals surface area contributed by atoms with Gasteiger partial charge in [-0.25, -0.2) is 5.43 Å². The van der Waals surface area contributed by atoms with Crippen molar-refractivity contribution in [3.05, 3.63) is 97.0 Å². The number of amides is 2. The van der Waals surface area contributed by atoms with E-state index in [1.807, 2.05) is 0 Å². The largest absolute Gasteiger partial charge is 0.483 e. The summed E-state index contributed by atoms with van der Waals surface area (Å²) in [7, 11) is 0. The van der Waals surface area contributed by atoms with Crippen molar-refractivity contribution in [1.29, 1.82) is 0 Å². The molecule has 0 aromatic heterocycles. The van der Waals surface area contributed by atoms with Crippen LogP contribution in [0.15, 0.2) is 65.8 Å². The zero-order chi connectivity index (χ0) is 24.7. The minimum absolute atomic E-state index is 0.135. The molecule has 0 atom stereocenters. The number of nitrogens with one attached hydrogen (secondary N) is 2. The highest BCUT2D eigenvalue weighted by molar-refractivity contribution is 6.42. The van der Waals surface area contributed by atoms with Crippen molar-refractivity contribution in [1.82, 2.24) is 5.43 Å². The third kappa shape index (κ3) is 6.92. The number of nitrogens with zero attached hydrogens (tertiary/aromatic N) is 2. The number of benzene rings is 3. The lowest BCUT2D eigenvalue weighted by Crippen LogP contribution is -2.20. The van der Waals surface area contributed by atoms with Crippen LogP contribution in [0.3, 0.4) is 0 Å². The number of nitro benzene ring substituents is 1. The summed E-state index contributed by atoms with van der Waals surface area (Å²) in [4.78, 5) is 34.5. The molecule has 0 saturated heterocycles. The second kappa shape index (κ2) is 11.5. The predicted octanol–water partition coefficient (Wildman–Crippen LogP) is 5.34. The van der Waals surface area contributed by atoms with E-state index in [1.165, 1.54) is 42.6 Å². The van der Waals surface area contributed by atoms with Crippen molar-refractivity contribution in [2.75, 3.05) is 11.9 Å². The van der Waals surface area contributed by atoms with Gasteiger partial charge in [0.15, 0.2) is 6.61 Å². The lowest BCUT2D eigenvalue weighted by atomic mass is 10.2. The van der Waals surface area contributed by atoms with Crippen molar-refractivity contribution >= 4 is 64.2 Å². The van der Waals surface area contributed by atoms with Crippen LogP contribution < -0.4 is 15.5 Å². The van der Waals surface area contributed by atoms with Gasteiger partial charge in [0.1, 0.15) is 5.75 Å². The van der Waals surface area contributed by atoms with E-state index in [4.69, 9.17) is 39.5 Å². The third-order valence-corrected chi connectivity index (χ3v) is 5.22. The van der Waals surface area contributed by atoms with Gasteiger partial charge < -0.3 is 10.1 Å². The van der Waals surface area contributed by atoms with E-state index in [0.717, 1.165) is 0 Å². The van der Waals surface area contributed by atoms with Crippen molar-refractivity contribution in [3.8, 4) is 5.75 Å². The standard InChI is InChI=1S/C22H15Cl3N4O5/c23-15-3-8-20(34-12-21(30)27-16-4-7-18(24)19(25)10-16)14(9-15)11-26-28-22(31)13-1-5-17(6-2-13)29(32)33/h1-11H,12H2,(H,27,30)(H,28,31)/b26-11+. The van der Waals surface area contributed by atoms with Gasteiger partial charge in [0.2, 0.25) is 0 Å². The summed E-state index contributed by atoms with van der Waals surface area (Å²) in [5.41, 5.74) is 3.21. The fraction of sp³-hybridized carbons (Fsp3) is 0.0455. The molecule has 0 saturated carbocycles. The van der Waals surface area contributed by atoms with Crippen molar-refractivity contribution in [2.24, 2.45) is 5.10 Å². The quantitative estimate of drug-likeness (QED) is 0.235. The molecule has 0 aliphatic carbocycles. The van der Waals surface area contributed by atoms with Crippen molar-refractivity contribution < 1.29 is 19.2 Å². The molecule has 3 aromatic rings. The molecular weight excluding hydrogens is 507 g/mol. The van der Waals surface area contributed by atoms with E-state index in [-0.39, 0.29) is 17.9 Å². The molecule has 0 radical (unpaired) electrons. The van der Waals surface area contributed by atoms with E-state index in [0.29, 0.717) is 32.1 Å². The number of carbonyl (C=O) groups excluding carboxylic acids is 2. The molecule has 3 rings (SSSR count). The highest BCUT2D eigenvalue weighted by Gasteiger charge is 2.10. The van der Waals surface area contributed by atoms with Gasteiger partial charge in [0.25, 0.3) is 17.5 Å². The average molecular weight is 522 g/mol. The van der Waals surface area contributed by atoms with Crippen LogP contribution in [0, 0.1) is 10.1 Å². The Morgan fingerprint density at radius 2 is 1.74 bits per heavy atom. The molecule has 0 fully saturated rings. The lowest BCUT2D eigenvalue weighted by molar-refractivity contribution is -0.384. The SMILES string of the molecule is O=C(COc1ccc(Cl)cc1/C=N/NC(=O)c1ccc([N+](=O)[O-])cc1)Nc1ccc(Cl)c(Cl)c1. The monoisotopic (exact) mass is 520 g/mol. The van der Waals surface area contributed by atoms with Crippen LogP contribution >= 0.6 is 34.8 Å². The van der Waals surface area contributed by atoms with Crippen LogP contribution in [0.4, 0.5) is 11.4 Å². The summed E-state index contributed by atoms with van der Waals surface area (Å²) in [6.45, 7) is -0.322. The summed E-state index contributed by atoms with van der Waals surface area (Å²) in [6, 6.07) is 14.4. The Morgan fingerprint density at radius 1 is 1.00 bits per heavy atom. The van der Waals surface area contributed by atoms with Crippen LogP contribution in [0.5, 0.6) is 5.75 Å². The number of hydrazone groups is 1. The highest BCUT2D eigenvalue weighted by Crippen LogP contribution is 2.25. The second-order valence-corrected chi connectivity index (χ2v) is 7.90. The van der Waals surface area contributed by atoms with Crippen molar-refractivity contribution in [2.45, 2.75) is 0 Å². The zero-order valence-corrected chi connectivity index (χ0v) is 19.4. The molecule has 9 nitrogen and oxygen atoms in total. The lowest BCUT2D eigenvalue weighted by Gasteiger charge is -2.10. The summed E-state index contributed by atoms with van der Waals surface area (Å²) in [6.07, 6.45) is 1.29. The number of anilines is 1. The van der Waals surface area contributed by atoms with E-state index in [1.54, 1.807) is 24.3 Å². The molecule has 0 aliphatic rings. The van der Waals surface area contributed by atoms with E-state index in [9.17, 15) is 19.7 Å². The Hall–Kier alpha value is -3.66. The van der Waals surface area contributed by atoms with Gasteiger partial charge in [-0.15, -0.1) is 0 Å². The first-order chi connectivity index (χ1) is 16.2. The summed E-state index contributed by atoms with van der Waals surface area (Å²) in [5.74, 6) is -0.721. The molecule has 0 heterocycles. The van der Waals surface area contributed by atoms with Gasteiger partial charge in [0, 0.05) is 34.0 Å². The first-order valence-corrected chi connectivity index (χ1v) is 10.6. The fourth-order valence-corrected chi connectivity index (χ4v) is 3.10. The Balaban J connectivity index is 1.61. The van der Waals surface area contributed by atoms with Gasteiger partial charge in [-0.05, 0) is 48.5 Å². The number of nitro groups is 1. The number of carbonyl (C=O) groups is 2. The van der Waals surface area contributed by atoms with Crippen LogP contribution in [0.2, 0.25) is 15.1 Å². The van der Waals surface area contributed by atoms with Gasteiger partial charge in [-0.3, -0.25) is 19.7 Å². The molecule has 0 spiro atoms. The number of non-ortho nitro benzene ring substituents is 1. The van der Waals surface area contributed by atoms with Gasteiger partial charge in [0.05, 0.1) is 21.2 Å². The number of ether oxygens (including phenoxy) is 1. The smallest absolute Gasteiger partial charge is 0.271 e. The number of halogens is 3. The van der Waals surface area contributed by atoms with Crippen LogP contribution in [0.25, 0.3) is 0 Å². The molecule has 2 N–H and O–H groups in total. The van der Waals surface area contributed by atoms with Crippen LogP contribution in [0.1, 0.15) is 15.9 Å². The van der Waals surface area contributed by atoms with Crippen LogP contribution in [-0.2, 0) is 4.79 Å². The minimum Gasteiger partial charge on any atom is -0.483 e. The fourth-order valence-electron chi connectivity index (χ4n) is 2.63. The average Bonchev–Trinajstić information content (AvgIpc) is 2.81. The Morgan fingerprint density at radius 3 is 2.41 bits per heavy atom. The van der Waals surface area contributed by atoms with Crippen molar-refractivity contribution in [3.63, 3.8) is 0 Å². The maximum atomic E-state index is 12.2. The number of rotatable bonds is 8.